The molecule has 0 amide bonds. The van der Waals surface area contributed by atoms with Gasteiger partial charge < -0.3 is 9.64 Å². The first kappa shape index (κ1) is 13.1. The van der Waals surface area contributed by atoms with Crippen LogP contribution < -0.4 is 4.90 Å². The molecule has 1 saturated heterocycles. The standard InChI is InChI=1S/C14H15N7O/c1-20-14(17-18-19-20)12-9-21(7-8-22-12)13-10-3-2-5-15-11(10)4-6-16-13/h2-6,12H,7-9H2,1H3. The van der Waals surface area contributed by atoms with Gasteiger partial charge in [0.05, 0.1) is 18.7 Å². The van der Waals surface area contributed by atoms with Gasteiger partial charge in [-0.1, -0.05) is 0 Å². The van der Waals surface area contributed by atoms with Crippen molar-refractivity contribution in [2.24, 2.45) is 7.05 Å². The summed E-state index contributed by atoms with van der Waals surface area (Å²) in [4.78, 5) is 11.1. The topological polar surface area (TPSA) is 81.9 Å². The SMILES string of the molecule is Cn1nnnc1C1CN(c2nccc3ncccc23)CCO1. The van der Waals surface area contributed by atoms with Crippen LogP contribution in [0.15, 0.2) is 30.6 Å². The molecule has 0 bridgehead atoms. The molecule has 0 N–H and O–H groups in total. The molecule has 112 valence electrons. The first-order valence-corrected chi connectivity index (χ1v) is 7.11. The minimum atomic E-state index is -0.164. The van der Waals surface area contributed by atoms with Crippen molar-refractivity contribution in [3.63, 3.8) is 0 Å². The van der Waals surface area contributed by atoms with Crippen molar-refractivity contribution in [1.82, 2.24) is 30.2 Å². The zero-order valence-corrected chi connectivity index (χ0v) is 12.1. The summed E-state index contributed by atoms with van der Waals surface area (Å²) in [5.74, 6) is 1.65. The van der Waals surface area contributed by atoms with E-state index in [1.807, 2.05) is 25.2 Å². The number of aromatic nitrogens is 6. The van der Waals surface area contributed by atoms with Crippen LogP contribution in [0.5, 0.6) is 0 Å². The van der Waals surface area contributed by atoms with Crippen molar-refractivity contribution in [3.8, 4) is 0 Å². The summed E-state index contributed by atoms with van der Waals surface area (Å²) < 4.78 is 7.46. The van der Waals surface area contributed by atoms with E-state index in [0.717, 1.165) is 29.1 Å². The highest BCUT2D eigenvalue weighted by Crippen LogP contribution is 2.27. The minimum Gasteiger partial charge on any atom is -0.366 e. The highest BCUT2D eigenvalue weighted by Gasteiger charge is 2.27. The van der Waals surface area contributed by atoms with E-state index in [1.165, 1.54) is 0 Å². The normalized spacial score (nSPS) is 18.8. The molecule has 1 aliphatic heterocycles. The molecule has 1 aliphatic rings. The summed E-state index contributed by atoms with van der Waals surface area (Å²) in [6.45, 7) is 2.05. The lowest BCUT2D eigenvalue weighted by atomic mass is 10.2. The van der Waals surface area contributed by atoms with Crippen LogP contribution in [0.4, 0.5) is 5.82 Å². The van der Waals surface area contributed by atoms with Gasteiger partial charge in [0, 0.05) is 31.4 Å². The van der Waals surface area contributed by atoms with Crippen LogP contribution in [0.3, 0.4) is 0 Å². The lowest BCUT2D eigenvalue weighted by Crippen LogP contribution is -2.39. The number of tetrazole rings is 1. The summed E-state index contributed by atoms with van der Waals surface area (Å²) >= 11 is 0. The smallest absolute Gasteiger partial charge is 0.181 e. The first-order chi connectivity index (χ1) is 10.8. The van der Waals surface area contributed by atoms with Gasteiger partial charge in [-0.15, -0.1) is 5.10 Å². The number of nitrogens with zero attached hydrogens (tertiary/aromatic N) is 7. The molecule has 0 saturated carbocycles. The number of morpholine rings is 1. The van der Waals surface area contributed by atoms with Crippen LogP contribution in [-0.4, -0.2) is 49.9 Å². The molecule has 0 spiro atoms. The molecule has 3 aromatic heterocycles. The van der Waals surface area contributed by atoms with Gasteiger partial charge in [-0.2, -0.15) is 0 Å². The van der Waals surface area contributed by atoms with Crippen molar-refractivity contribution in [3.05, 3.63) is 36.4 Å². The van der Waals surface area contributed by atoms with Gasteiger partial charge in [0.25, 0.3) is 0 Å². The van der Waals surface area contributed by atoms with Crippen LogP contribution in [0.2, 0.25) is 0 Å². The monoisotopic (exact) mass is 297 g/mol. The average Bonchev–Trinajstić information content (AvgIpc) is 3.00. The molecular weight excluding hydrogens is 282 g/mol. The second-order valence-electron chi connectivity index (χ2n) is 5.17. The lowest BCUT2D eigenvalue weighted by Gasteiger charge is -2.33. The minimum absolute atomic E-state index is 0.164. The maximum absolute atomic E-state index is 5.82. The zero-order valence-electron chi connectivity index (χ0n) is 12.1. The first-order valence-electron chi connectivity index (χ1n) is 7.11. The van der Waals surface area contributed by atoms with Crippen LogP contribution in [0.25, 0.3) is 10.9 Å². The molecule has 1 atom stereocenters. The molecule has 0 aliphatic carbocycles. The number of fused-ring (bicyclic) bond motifs is 1. The van der Waals surface area contributed by atoms with Gasteiger partial charge in [0.2, 0.25) is 0 Å². The highest BCUT2D eigenvalue weighted by molar-refractivity contribution is 5.89. The second-order valence-corrected chi connectivity index (χ2v) is 5.17. The summed E-state index contributed by atoms with van der Waals surface area (Å²) in [7, 11) is 1.82. The molecule has 4 rings (SSSR count). The molecule has 1 unspecified atom stereocenters. The Kier molecular flexibility index (Phi) is 3.15. The number of pyridine rings is 2. The van der Waals surface area contributed by atoms with Crippen LogP contribution in [-0.2, 0) is 11.8 Å². The Morgan fingerprint density at radius 3 is 3.05 bits per heavy atom. The highest BCUT2D eigenvalue weighted by atomic mass is 16.5. The van der Waals surface area contributed by atoms with Crippen molar-refractivity contribution in [1.29, 1.82) is 0 Å². The van der Waals surface area contributed by atoms with Gasteiger partial charge >= 0.3 is 0 Å². The van der Waals surface area contributed by atoms with Gasteiger partial charge in [0.1, 0.15) is 11.9 Å². The summed E-state index contributed by atoms with van der Waals surface area (Å²) in [5.41, 5.74) is 0.941. The van der Waals surface area contributed by atoms with Crippen LogP contribution in [0, 0.1) is 0 Å². The predicted molar refractivity (Wildman–Crippen MR) is 79.2 cm³/mol. The average molecular weight is 297 g/mol. The van der Waals surface area contributed by atoms with Crippen molar-refractivity contribution < 1.29 is 4.74 Å². The van der Waals surface area contributed by atoms with Crippen molar-refractivity contribution >= 4 is 16.7 Å². The maximum Gasteiger partial charge on any atom is 0.181 e. The number of aryl methyl sites for hydroxylation is 1. The number of rotatable bonds is 2. The summed E-state index contributed by atoms with van der Waals surface area (Å²) in [6.07, 6.45) is 3.42. The molecule has 8 nitrogen and oxygen atoms in total. The number of anilines is 1. The second kappa shape index (κ2) is 5.30. The van der Waals surface area contributed by atoms with Crippen LogP contribution >= 0.6 is 0 Å². The number of hydrogen-bond donors (Lipinski definition) is 0. The molecule has 22 heavy (non-hydrogen) atoms. The third-order valence-corrected chi connectivity index (χ3v) is 3.82. The third-order valence-electron chi connectivity index (χ3n) is 3.82. The molecule has 4 heterocycles. The van der Waals surface area contributed by atoms with E-state index in [1.54, 1.807) is 17.1 Å². The predicted octanol–water partition coefficient (Wildman–Crippen LogP) is 0.731. The van der Waals surface area contributed by atoms with E-state index in [4.69, 9.17) is 4.74 Å². The summed E-state index contributed by atoms with van der Waals surface area (Å²) in [6, 6.07) is 5.89. The Hall–Kier alpha value is -2.61. The largest absolute Gasteiger partial charge is 0.366 e. The van der Waals surface area contributed by atoms with Crippen molar-refractivity contribution in [2.75, 3.05) is 24.6 Å². The fourth-order valence-electron chi connectivity index (χ4n) is 2.75. The van der Waals surface area contributed by atoms with Gasteiger partial charge in [-0.05, 0) is 28.6 Å². The summed E-state index contributed by atoms with van der Waals surface area (Å²) in [5, 5.41) is 12.6. The molecule has 0 aromatic carbocycles. The third kappa shape index (κ3) is 2.17. The van der Waals surface area contributed by atoms with Gasteiger partial charge in [-0.25, -0.2) is 9.67 Å². The Morgan fingerprint density at radius 1 is 1.23 bits per heavy atom. The van der Waals surface area contributed by atoms with Gasteiger partial charge in [0.15, 0.2) is 5.82 Å². The fraction of sp³-hybridized carbons (Fsp3) is 0.357. The molecule has 8 heteroatoms. The van der Waals surface area contributed by atoms with E-state index in [-0.39, 0.29) is 6.10 Å². The maximum atomic E-state index is 5.82. The van der Waals surface area contributed by atoms with Crippen molar-refractivity contribution in [2.45, 2.75) is 6.10 Å². The lowest BCUT2D eigenvalue weighted by molar-refractivity contribution is 0.0314. The molecule has 1 fully saturated rings. The van der Waals surface area contributed by atoms with Crippen LogP contribution in [0.1, 0.15) is 11.9 Å². The van der Waals surface area contributed by atoms with E-state index in [0.29, 0.717) is 13.2 Å². The Bertz CT molecular complexity index is 797. The Labute approximate surface area is 126 Å². The quantitative estimate of drug-likeness (QED) is 0.689. The fourth-order valence-corrected chi connectivity index (χ4v) is 2.75. The van der Waals surface area contributed by atoms with E-state index in [2.05, 4.69) is 30.4 Å². The molecular formula is C14H15N7O. The number of hydrogen-bond acceptors (Lipinski definition) is 7. The zero-order chi connectivity index (χ0) is 14.9. The van der Waals surface area contributed by atoms with E-state index in [9.17, 15) is 0 Å². The van der Waals surface area contributed by atoms with E-state index < -0.39 is 0 Å². The Balaban J connectivity index is 1.68. The molecule has 3 aromatic rings. The van der Waals surface area contributed by atoms with Gasteiger partial charge in [-0.3, -0.25) is 4.98 Å². The molecule has 0 radical (unpaired) electrons. The number of ether oxygens (including phenoxy) is 1. The van der Waals surface area contributed by atoms with E-state index >= 15 is 0 Å². The Morgan fingerprint density at radius 2 is 2.18 bits per heavy atom.